The van der Waals surface area contributed by atoms with E-state index < -0.39 is 35.3 Å². The summed E-state index contributed by atoms with van der Waals surface area (Å²) in [5, 5.41) is 44.4. The molecule has 11 heteroatoms. The standard InChI is InChI=1S/C89H176N2O7S2/c1-5-9-13-17-21-25-29-33-37-41-45-49-53-57-61-65-69-83(92)79-90(80-84(93)70-66-62-58-54-50-46-42-38-34-30-26-22-18-14-10-6-2)75-77-99-88(97)74-73-87(96)89(98)100-78-76-91(81-85(94)71-67-63-59-55-51-47-43-39-35-31-27-23-19-15-11-7-3)82-86(95)72-68-64-60-56-52-48-44-40-36-32-28-24-20-16-12-8-4/h83-86,92-95H,5-82H2,1-4H3. The number of thioether (sulfide) groups is 2. The first-order chi connectivity index (χ1) is 49.1. The number of nitrogens with zero attached hydrogens (tertiary/aromatic N) is 2. The van der Waals surface area contributed by atoms with Crippen LogP contribution in [-0.4, -0.2) is 121 Å². The van der Waals surface area contributed by atoms with Crippen LogP contribution in [0.25, 0.3) is 0 Å². The molecule has 4 atom stereocenters. The zero-order chi connectivity index (χ0) is 72.8. The highest BCUT2D eigenvalue weighted by molar-refractivity contribution is 8.15. The molecule has 0 heterocycles. The minimum Gasteiger partial charge on any atom is -0.392 e. The first kappa shape index (κ1) is 99.5. The van der Waals surface area contributed by atoms with E-state index in [4.69, 9.17) is 0 Å². The molecular formula is C89H176N2O7S2. The molecular weight excluding hydrogens is 1270 g/mol. The normalized spacial score (nSPS) is 13.1. The van der Waals surface area contributed by atoms with Gasteiger partial charge in [0, 0.05) is 63.6 Å². The summed E-state index contributed by atoms with van der Waals surface area (Å²) in [7, 11) is 0. The van der Waals surface area contributed by atoms with Crippen LogP contribution in [0.15, 0.2) is 0 Å². The smallest absolute Gasteiger partial charge is 0.255 e. The predicted molar refractivity (Wildman–Crippen MR) is 443 cm³/mol. The summed E-state index contributed by atoms with van der Waals surface area (Å²) in [6, 6.07) is 0. The quantitative estimate of drug-likeness (QED) is 0.0342. The molecule has 0 aliphatic carbocycles. The average Bonchev–Trinajstić information content (AvgIpc) is 1.08. The van der Waals surface area contributed by atoms with Gasteiger partial charge < -0.3 is 20.4 Å². The Morgan fingerprint density at radius 1 is 0.240 bits per heavy atom. The van der Waals surface area contributed by atoms with Gasteiger partial charge in [-0.15, -0.1) is 0 Å². The average molecular weight is 1450 g/mol. The first-order valence-electron chi connectivity index (χ1n) is 45.1. The van der Waals surface area contributed by atoms with Gasteiger partial charge in [0.1, 0.15) is 0 Å². The highest BCUT2D eigenvalue weighted by atomic mass is 32.2. The lowest BCUT2D eigenvalue weighted by Gasteiger charge is -2.27. The monoisotopic (exact) mass is 1450 g/mol. The molecule has 9 nitrogen and oxygen atoms in total. The number of hydrogen-bond acceptors (Lipinski definition) is 11. The molecule has 0 aromatic rings. The van der Waals surface area contributed by atoms with Crippen molar-refractivity contribution in [1.82, 2.24) is 9.80 Å². The molecule has 4 unspecified atom stereocenters. The van der Waals surface area contributed by atoms with E-state index in [2.05, 4.69) is 37.5 Å². The van der Waals surface area contributed by atoms with E-state index in [-0.39, 0.29) is 18.0 Å². The molecule has 0 saturated carbocycles. The van der Waals surface area contributed by atoms with Crippen LogP contribution in [0.2, 0.25) is 0 Å². The van der Waals surface area contributed by atoms with E-state index in [1.807, 2.05) is 0 Å². The summed E-state index contributed by atoms with van der Waals surface area (Å²) in [4.78, 5) is 43.9. The summed E-state index contributed by atoms with van der Waals surface area (Å²) in [6.07, 6.45) is 85.1. The van der Waals surface area contributed by atoms with Crippen molar-refractivity contribution in [3.05, 3.63) is 0 Å². The Balaban J connectivity index is 5.10. The van der Waals surface area contributed by atoms with Crippen molar-refractivity contribution in [2.75, 3.05) is 50.8 Å². The van der Waals surface area contributed by atoms with E-state index in [9.17, 15) is 34.8 Å². The molecule has 0 bridgehead atoms. The maximum atomic E-state index is 13.2. The zero-order valence-corrected chi connectivity index (χ0v) is 69.3. The highest BCUT2D eigenvalue weighted by Gasteiger charge is 2.21. The molecule has 0 spiro atoms. The van der Waals surface area contributed by atoms with E-state index in [0.29, 0.717) is 50.8 Å². The largest absolute Gasteiger partial charge is 0.392 e. The summed E-state index contributed by atoms with van der Waals surface area (Å²) in [5.41, 5.74) is 0. The van der Waals surface area contributed by atoms with Crippen LogP contribution in [0, 0.1) is 0 Å². The van der Waals surface area contributed by atoms with Gasteiger partial charge in [-0.25, -0.2) is 0 Å². The third-order valence-corrected chi connectivity index (χ3v) is 23.3. The molecule has 0 aromatic carbocycles. The highest BCUT2D eigenvalue weighted by Crippen LogP contribution is 2.22. The lowest BCUT2D eigenvalue weighted by Crippen LogP contribution is -2.39. The molecule has 0 rings (SSSR count). The number of aliphatic hydroxyl groups is 4. The maximum Gasteiger partial charge on any atom is 0.255 e. The fraction of sp³-hybridized carbons (Fsp3) is 0.966. The molecule has 0 amide bonds. The van der Waals surface area contributed by atoms with Crippen molar-refractivity contribution in [3.63, 3.8) is 0 Å². The van der Waals surface area contributed by atoms with E-state index in [1.54, 1.807) is 0 Å². The Morgan fingerprint density at radius 3 is 0.600 bits per heavy atom. The summed E-state index contributed by atoms with van der Waals surface area (Å²) < 4.78 is 0. The number of ketones is 1. The van der Waals surface area contributed by atoms with Crippen molar-refractivity contribution in [2.24, 2.45) is 0 Å². The van der Waals surface area contributed by atoms with Gasteiger partial charge in [-0.1, -0.05) is 462 Å². The van der Waals surface area contributed by atoms with Gasteiger partial charge in [-0.3, -0.25) is 24.2 Å². The minimum absolute atomic E-state index is 0.00276. The van der Waals surface area contributed by atoms with Crippen LogP contribution in [0.4, 0.5) is 0 Å². The van der Waals surface area contributed by atoms with Crippen LogP contribution in [0.3, 0.4) is 0 Å². The van der Waals surface area contributed by atoms with Crippen LogP contribution in [0.1, 0.15) is 477 Å². The third-order valence-electron chi connectivity index (χ3n) is 21.5. The van der Waals surface area contributed by atoms with Crippen LogP contribution < -0.4 is 0 Å². The summed E-state index contributed by atoms with van der Waals surface area (Å²) in [5.74, 6) is 0.352. The molecule has 0 aromatic heterocycles. The van der Waals surface area contributed by atoms with E-state index in [1.165, 1.54) is 371 Å². The summed E-state index contributed by atoms with van der Waals surface area (Å²) >= 11 is 2.19. The molecule has 0 radical (unpaired) electrons. The van der Waals surface area contributed by atoms with Gasteiger partial charge in [0.2, 0.25) is 5.78 Å². The number of carbonyl (C=O) groups is 3. The van der Waals surface area contributed by atoms with Gasteiger partial charge >= 0.3 is 0 Å². The van der Waals surface area contributed by atoms with Gasteiger partial charge in [0.05, 0.1) is 24.4 Å². The molecule has 0 aliphatic rings. The Bertz CT molecular complexity index is 1560. The molecule has 100 heavy (non-hydrogen) atoms. The Kier molecular flexibility index (Phi) is 82.1. The van der Waals surface area contributed by atoms with Crippen molar-refractivity contribution in [1.29, 1.82) is 0 Å². The van der Waals surface area contributed by atoms with Crippen molar-refractivity contribution in [2.45, 2.75) is 502 Å². The fourth-order valence-electron chi connectivity index (χ4n) is 14.8. The van der Waals surface area contributed by atoms with Crippen LogP contribution >= 0.6 is 23.5 Å². The predicted octanol–water partition coefficient (Wildman–Crippen LogP) is 26.5. The Morgan fingerprint density at radius 2 is 0.410 bits per heavy atom. The number of unbranched alkanes of at least 4 members (excludes halogenated alkanes) is 60. The molecule has 0 saturated heterocycles. The number of Topliss-reactive ketones (excluding diaryl/α,β-unsaturated/α-hetero) is 1. The second kappa shape index (κ2) is 82.5. The van der Waals surface area contributed by atoms with Crippen molar-refractivity contribution in [3.8, 4) is 0 Å². The van der Waals surface area contributed by atoms with Crippen LogP contribution in [0.5, 0.6) is 0 Å². The Labute approximate surface area is 632 Å². The summed E-state index contributed by atoms with van der Waals surface area (Å²) in [6.45, 7) is 12.0. The van der Waals surface area contributed by atoms with Gasteiger partial charge in [-0.05, 0) is 25.7 Å². The second-order valence-corrected chi connectivity index (χ2v) is 34.0. The first-order valence-corrected chi connectivity index (χ1v) is 47.1. The maximum absolute atomic E-state index is 13.2. The van der Waals surface area contributed by atoms with Gasteiger partial charge in [0.15, 0.2) is 5.12 Å². The number of rotatable bonds is 86. The minimum atomic E-state index is -0.534. The SMILES string of the molecule is CCCCCCCCCCCCCCCCCCC(O)CN(CCSC(=O)CCC(=O)C(=O)SCCN(CC(O)CCCCCCCCCCCCCCCCCC)CC(O)CCCCCCCCCCCCCCCCCC)CC(O)CCCCCCCCCCCCCCCCCC. The molecule has 0 fully saturated rings. The van der Waals surface area contributed by atoms with Gasteiger partial charge in [0.25, 0.3) is 5.12 Å². The Hall–Kier alpha value is -0.530. The van der Waals surface area contributed by atoms with Crippen molar-refractivity contribution < 1.29 is 34.8 Å². The number of aliphatic hydroxyl groups excluding tert-OH is 4. The van der Waals surface area contributed by atoms with E-state index in [0.717, 1.165) is 88.8 Å². The molecule has 596 valence electrons. The lowest BCUT2D eigenvalue weighted by atomic mass is 10.0. The number of carbonyl (C=O) groups excluding carboxylic acids is 3. The third kappa shape index (κ3) is 77.1. The van der Waals surface area contributed by atoms with E-state index >= 15 is 0 Å². The zero-order valence-electron chi connectivity index (χ0n) is 67.7. The second-order valence-electron chi connectivity index (χ2n) is 31.8. The molecule has 0 aliphatic heterocycles. The topological polar surface area (TPSA) is 139 Å². The molecule has 4 N–H and O–H groups in total. The van der Waals surface area contributed by atoms with Gasteiger partial charge in [-0.2, -0.15) is 0 Å². The van der Waals surface area contributed by atoms with Crippen molar-refractivity contribution >= 4 is 39.5 Å². The lowest BCUT2D eigenvalue weighted by molar-refractivity contribution is -0.132. The van der Waals surface area contributed by atoms with Crippen LogP contribution in [-0.2, 0) is 14.4 Å². The number of hydrogen-bond donors (Lipinski definition) is 4. The fourth-order valence-corrected chi connectivity index (χ4v) is 16.4.